The molecule has 0 fully saturated rings. The van der Waals surface area contributed by atoms with Crippen LogP contribution in [0.2, 0.25) is 4.34 Å². The van der Waals surface area contributed by atoms with E-state index in [-0.39, 0.29) is 0 Å². The molecule has 1 aromatic heterocycles. The highest BCUT2D eigenvalue weighted by Gasteiger charge is 1.99. The van der Waals surface area contributed by atoms with Crippen molar-refractivity contribution >= 4 is 22.9 Å². The molecule has 0 atom stereocenters. The maximum atomic E-state index is 5.71. The number of hydrogen-bond acceptors (Lipinski definition) is 4. The van der Waals surface area contributed by atoms with Crippen LogP contribution in [-0.2, 0) is 11.4 Å². The fraction of sp³-hybridized carbons (Fsp3) is 0.625. The standard InChI is InChI=1S/C8H13ClN2OS/c1-6(2)5-12-11-4-8-10-3-7(9)13-8/h3,6,11H,4-5H2,1-2H3. The summed E-state index contributed by atoms with van der Waals surface area (Å²) in [7, 11) is 0. The van der Waals surface area contributed by atoms with E-state index in [9.17, 15) is 0 Å². The third kappa shape index (κ3) is 4.57. The lowest BCUT2D eigenvalue weighted by molar-refractivity contribution is 0.0196. The maximum absolute atomic E-state index is 5.71. The molecule has 1 aromatic rings. The molecule has 0 aliphatic heterocycles. The SMILES string of the molecule is CC(C)CONCc1ncc(Cl)s1. The third-order valence-corrected chi connectivity index (χ3v) is 2.38. The number of nitrogens with zero attached hydrogens (tertiary/aromatic N) is 1. The fourth-order valence-corrected chi connectivity index (χ4v) is 1.59. The van der Waals surface area contributed by atoms with Crippen molar-refractivity contribution in [2.45, 2.75) is 20.4 Å². The molecule has 0 bridgehead atoms. The molecule has 0 unspecified atom stereocenters. The first-order valence-electron chi connectivity index (χ1n) is 4.13. The Morgan fingerprint density at radius 3 is 3.00 bits per heavy atom. The topological polar surface area (TPSA) is 34.1 Å². The lowest BCUT2D eigenvalue weighted by atomic mass is 10.2. The summed E-state index contributed by atoms with van der Waals surface area (Å²) in [5, 5.41) is 0.939. The van der Waals surface area contributed by atoms with E-state index >= 15 is 0 Å². The first kappa shape index (κ1) is 10.9. The van der Waals surface area contributed by atoms with Crippen LogP contribution in [0.25, 0.3) is 0 Å². The van der Waals surface area contributed by atoms with Gasteiger partial charge in [0.05, 0.1) is 19.3 Å². The zero-order chi connectivity index (χ0) is 9.68. The van der Waals surface area contributed by atoms with E-state index in [1.807, 2.05) is 0 Å². The monoisotopic (exact) mass is 220 g/mol. The summed E-state index contributed by atoms with van der Waals surface area (Å²) in [6, 6.07) is 0. The van der Waals surface area contributed by atoms with Gasteiger partial charge in [-0.05, 0) is 5.92 Å². The minimum atomic E-state index is 0.535. The molecule has 0 spiro atoms. The molecule has 1 rings (SSSR count). The van der Waals surface area contributed by atoms with Crippen LogP contribution in [0, 0.1) is 5.92 Å². The smallest absolute Gasteiger partial charge is 0.113 e. The van der Waals surface area contributed by atoms with Crippen molar-refractivity contribution in [1.82, 2.24) is 10.5 Å². The fourth-order valence-electron chi connectivity index (χ4n) is 0.708. The second kappa shape index (κ2) is 5.54. The Kier molecular flexibility index (Phi) is 4.66. The lowest BCUT2D eigenvalue weighted by Gasteiger charge is -2.05. The number of halogens is 1. The maximum Gasteiger partial charge on any atom is 0.113 e. The Bertz CT molecular complexity index is 252. The number of thiazole rings is 1. The Morgan fingerprint density at radius 2 is 2.46 bits per heavy atom. The minimum Gasteiger partial charge on any atom is -0.301 e. The van der Waals surface area contributed by atoms with Crippen LogP contribution in [0.4, 0.5) is 0 Å². The van der Waals surface area contributed by atoms with Crippen LogP contribution in [0.15, 0.2) is 6.20 Å². The summed E-state index contributed by atoms with van der Waals surface area (Å²) >= 11 is 7.17. The predicted molar refractivity (Wildman–Crippen MR) is 54.8 cm³/mol. The van der Waals surface area contributed by atoms with Gasteiger partial charge in [-0.1, -0.05) is 25.4 Å². The number of hydrogen-bond donors (Lipinski definition) is 1. The molecule has 0 saturated carbocycles. The van der Waals surface area contributed by atoms with Crippen molar-refractivity contribution in [3.05, 3.63) is 15.5 Å². The Hall–Kier alpha value is -0.160. The van der Waals surface area contributed by atoms with E-state index in [2.05, 4.69) is 24.3 Å². The predicted octanol–water partition coefficient (Wildman–Crippen LogP) is 2.47. The molecule has 0 radical (unpaired) electrons. The zero-order valence-corrected chi connectivity index (χ0v) is 9.28. The molecule has 1 N–H and O–H groups in total. The van der Waals surface area contributed by atoms with Gasteiger partial charge in [0.15, 0.2) is 0 Å². The van der Waals surface area contributed by atoms with Crippen molar-refractivity contribution in [3.8, 4) is 0 Å². The molecule has 0 saturated heterocycles. The molecule has 0 amide bonds. The van der Waals surface area contributed by atoms with Gasteiger partial charge in [0, 0.05) is 0 Å². The summed E-state index contributed by atoms with van der Waals surface area (Å²) < 4.78 is 0.709. The second-order valence-corrected chi connectivity index (χ2v) is 4.83. The van der Waals surface area contributed by atoms with Crippen molar-refractivity contribution < 1.29 is 4.84 Å². The van der Waals surface area contributed by atoms with Gasteiger partial charge in [0.25, 0.3) is 0 Å². The third-order valence-electron chi connectivity index (χ3n) is 1.27. The lowest BCUT2D eigenvalue weighted by Crippen LogP contribution is -2.17. The normalized spacial score (nSPS) is 11.1. The van der Waals surface area contributed by atoms with Gasteiger partial charge in [0.2, 0.25) is 0 Å². The van der Waals surface area contributed by atoms with Gasteiger partial charge < -0.3 is 4.84 Å². The highest BCUT2D eigenvalue weighted by molar-refractivity contribution is 7.15. The van der Waals surface area contributed by atoms with Gasteiger partial charge in [-0.25, -0.2) is 4.98 Å². The molecule has 1 heterocycles. The summed E-state index contributed by atoms with van der Waals surface area (Å²) in [6.07, 6.45) is 1.64. The molecule has 3 nitrogen and oxygen atoms in total. The summed E-state index contributed by atoms with van der Waals surface area (Å²) in [4.78, 5) is 9.26. The molecule has 5 heteroatoms. The number of hydroxylamine groups is 1. The van der Waals surface area contributed by atoms with Crippen molar-refractivity contribution in [2.24, 2.45) is 5.92 Å². The van der Waals surface area contributed by atoms with Crippen LogP contribution in [-0.4, -0.2) is 11.6 Å². The molecule has 13 heavy (non-hydrogen) atoms. The summed E-state index contributed by atoms with van der Waals surface area (Å²) in [5.74, 6) is 0.535. The summed E-state index contributed by atoms with van der Waals surface area (Å²) in [5.41, 5.74) is 2.84. The van der Waals surface area contributed by atoms with Crippen molar-refractivity contribution in [2.75, 3.05) is 6.61 Å². The molecule has 0 aliphatic rings. The number of rotatable bonds is 5. The van der Waals surface area contributed by atoms with Gasteiger partial charge in [-0.15, -0.1) is 11.3 Å². The molecular formula is C8H13ClN2OS. The highest BCUT2D eigenvalue weighted by atomic mass is 35.5. The van der Waals surface area contributed by atoms with E-state index in [1.165, 1.54) is 11.3 Å². The minimum absolute atomic E-state index is 0.535. The largest absolute Gasteiger partial charge is 0.301 e. The molecule has 0 aromatic carbocycles. The van der Waals surface area contributed by atoms with E-state index in [0.29, 0.717) is 23.4 Å². The Morgan fingerprint density at radius 1 is 1.69 bits per heavy atom. The van der Waals surface area contributed by atoms with Crippen LogP contribution in [0.5, 0.6) is 0 Å². The van der Waals surface area contributed by atoms with E-state index < -0.39 is 0 Å². The zero-order valence-electron chi connectivity index (χ0n) is 7.71. The molecule has 74 valence electrons. The van der Waals surface area contributed by atoms with Crippen LogP contribution < -0.4 is 5.48 Å². The van der Waals surface area contributed by atoms with Crippen molar-refractivity contribution in [3.63, 3.8) is 0 Å². The first-order chi connectivity index (χ1) is 6.18. The van der Waals surface area contributed by atoms with Crippen LogP contribution in [0.3, 0.4) is 0 Å². The number of nitrogens with one attached hydrogen (secondary N) is 1. The summed E-state index contributed by atoms with van der Waals surface area (Å²) in [6.45, 7) is 5.52. The van der Waals surface area contributed by atoms with E-state index in [0.717, 1.165) is 5.01 Å². The molecule has 0 aliphatic carbocycles. The average molecular weight is 221 g/mol. The van der Waals surface area contributed by atoms with E-state index in [1.54, 1.807) is 6.20 Å². The van der Waals surface area contributed by atoms with Gasteiger partial charge >= 0.3 is 0 Å². The van der Waals surface area contributed by atoms with Crippen molar-refractivity contribution in [1.29, 1.82) is 0 Å². The molecular weight excluding hydrogens is 208 g/mol. The van der Waals surface area contributed by atoms with E-state index in [4.69, 9.17) is 16.4 Å². The Labute approximate surface area is 87.0 Å². The van der Waals surface area contributed by atoms with Crippen LogP contribution in [0.1, 0.15) is 18.9 Å². The highest BCUT2D eigenvalue weighted by Crippen LogP contribution is 2.17. The average Bonchev–Trinajstić information content (AvgIpc) is 2.45. The number of aromatic nitrogens is 1. The quantitative estimate of drug-likeness (QED) is 0.612. The van der Waals surface area contributed by atoms with Crippen LogP contribution >= 0.6 is 22.9 Å². The second-order valence-electron chi connectivity index (χ2n) is 3.08. The van der Waals surface area contributed by atoms with Gasteiger partial charge in [-0.3, -0.25) is 0 Å². The van der Waals surface area contributed by atoms with Gasteiger partial charge in [0.1, 0.15) is 9.34 Å². The Balaban J connectivity index is 2.13. The van der Waals surface area contributed by atoms with Gasteiger partial charge in [-0.2, -0.15) is 5.48 Å². The first-order valence-corrected chi connectivity index (χ1v) is 5.33.